The zero-order valence-corrected chi connectivity index (χ0v) is 11.0. The minimum absolute atomic E-state index is 0.0489. The van der Waals surface area contributed by atoms with Crippen molar-refractivity contribution >= 4 is 17.7 Å². The molecule has 0 bridgehead atoms. The minimum atomic E-state index is -1.11. The molecule has 1 unspecified atom stereocenters. The van der Waals surface area contributed by atoms with E-state index < -0.39 is 12.0 Å². The number of aliphatic hydroxyl groups excluding tert-OH is 1. The molecule has 0 spiro atoms. The lowest BCUT2D eigenvalue weighted by atomic mass is 10.1. The number of benzene rings is 1. The second kappa shape index (κ2) is 6.22. The summed E-state index contributed by atoms with van der Waals surface area (Å²) in [5, 5.41) is 11.9. The Bertz CT molecular complexity index is 437. The van der Waals surface area contributed by atoms with Crippen molar-refractivity contribution in [2.24, 2.45) is 5.73 Å². The fourth-order valence-corrected chi connectivity index (χ4v) is 2.96. The normalized spacial score (nSPS) is 15.9. The molecule has 1 heterocycles. The highest BCUT2D eigenvalue weighted by atomic mass is 32.2. The molecule has 1 aromatic rings. The molecule has 0 fully saturated rings. The number of thioether (sulfide) groups is 1. The van der Waals surface area contributed by atoms with Crippen molar-refractivity contribution in [3.8, 4) is 0 Å². The van der Waals surface area contributed by atoms with Crippen molar-refractivity contribution in [3.05, 3.63) is 29.3 Å². The minimum Gasteiger partial charge on any atom is -0.382 e. The fourth-order valence-electron chi connectivity index (χ4n) is 1.94. The Hall–Kier alpha value is -1.04. The van der Waals surface area contributed by atoms with Crippen molar-refractivity contribution < 1.29 is 9.90 Å². The van der Waals surface area contributed by atoms with E-state index >= 15 is 0 Å². The van der Waals surface area contributed by atoms with E-state index in [1.54, 1.807) is 0 Å². The summed E-state index contributed by atoms with van der Waals surface area (Å²) < 4.78 is 0. The van der Waals surface area contributed by atoms with Gasteiger partial charge in [-0.2, -0.15) is 0 Å². The Labute approximate surface area is 111 Å². The molecule has 4 N–H and O–H groups in total. The highest BCUT2D eigenvalue weighted by Crippen LogP contribution is 2.30. The molecule has 0 saturated carbocycles. The smallest absolute Gasteiger partial charge is 0.250 e. The Morgan fingerprint density at radius 1 is 1.56 bits per heavy atom. The molecule has 18 heavy (non-hydrogen) atoms. The first-order valence-corrected chi connectivity index (χ1v) is 7.09. The van der Waals surface area contributed by atoms with Gasteiger partial charge in [-0.1, -0.05) is 12.1 Å². The molecule has 98 valence electrons. The van der Waals surface area contributed by atoms with Crippen LogP contribution in [0.15, 0.2) is 23.1 Å². The van der Waals surface area contributed by atoms with E-state index in [2.05, 4.69) is 17.4 Å². The number of carbonyl (C=O) groups excluding carboxylic acids is 1. The fraction of sp³-hybridized carbons (Fsp3) is 0.462. The molecule has 0 saturated heterocycles. The number of nitrogens with one attached hydrogen (secondary N) is 1. The first kappa shape index (κ1) is 13.4. The average Bonchev–Trinajstić information content (AvgIpc) is 2.43. The van der Waals surface area contributed by atoms with Crippen LogP contribution in [-0.4, -0.2) is 29.4 Å². The van der Waals surface area contributed by atoms with Gasteiger partial charge in [0.15, 0.2) is 0 Å². The van der Waals surface area contributed by atoms with Crippen molar-refractivity contribution in [1.29, 1.82) is 0 Å². The van der Waals surface area contributed by atoms with Gasteiger partial charge in [0, 0.05) is 18.0 Å². The largest absolute Gasteiger partial charge is 0.382 e. The average molecular weight is 266 g/mol. The number of fused-ring (bicyclic) bond motifs is 1. The van der Waals surface area contributed by atoms with E-state index in [-0.39, 0.29) is 6.54 Å². The first-order chi connectivity index (χ1) is 8.70. The van der Waals surface area contributed by atoms with Crippen LogP contribution in [0.3, 0.4) is 0 Å². The van der Waals surface area contributed by atoms with Crippen molar-refractivity contribution in [1.82, 2.24) is 5.32 Å². The van der Waals surface area contributed by atoms with E-state index in [0.29, 0.717) is 6.54 Å². The summed E-state index contributed by atoms with van der Waals surface area (Å²) in [7, 11) is 0. The topological polar surface area (TPSA) is 75.3 Å². The maximum Gasteiger partial charge on any atom is 0.250 e. The number of hydrogen-bond acceptors (Lipinski definition) is 4. The summed E-state index contributed by atoms with van der Waals surface area (Å²) in [5.74, 6) is 0.774. The summed E-state index contributed by atoms with van der Waals surface area (Å²) in [4.78, 5) is 12.7. The van der Waals surface area contributed by atoms with Gasteiger partial charge in [0.1, 0.15) is 6.10 Å². The second-order valence-corrected chi connectivity index (χ2v) is 5.50. The van der Waals surface area contributed by atoms with Gasteiger partial charge in [-0.3, -0.25) is 4.79 Å². The molecule has 1 aliphatic heterocycles. The Kier molecular flexibility index (Phi) is 4.63. The summed E-state index contributed by atoms with van der Waals surface area (Å²) in [6.45, 7) is 0.389. The van der Waals surface area contributed by atoms with Gasteiger partial charge in [-0.25, -0.2) is 0 Å². The maximum absolute atomic E-state index is 11.4. The van der Waals surface area contributed by atoms with Crippen LogP contribution in [0, 0.1) is 0 Å². The lowest BCUT2D eigenvalue weighted by molar-refractivity contribution is -0.128. The first-order valence-electron chi connectivity index (χ1n) is 6.11. The zero-order chi connectivity index (χ0) is 13.0. The predicted molar refractivity (Wildman–Crippen MR) is 72.4 cm³/mol. The molecule has 0 radical (unpaired) electrons. The van der Waals surface area contributed by atoms with Crippen LogP contribution < -0.4 is 11.1 Å². The number of rotatable bonds is 4. The number of amides is 1. The van der Waals surface area contributed by atoms with Crippen LogP contribution in [0.1, 0.15) is 17.5 Å². The molecule has 1 amide bonds. The molecule has 1 atom stereocenters. The summed E-state index contributed by atoms with van der Waals surface area (Å²) in [5.41, 5.74) is 7.64. The lowest BCUT2D eigenvalue weighted by Gasteiger charge is -2.16. The standard InChI is InChI=1S/C13H18N2O2S/c14-7-11(16)13(17)15-8-9-3-4-12-10(6-9)2-1-5-18-12/h3-4,6,11,16H,1-2,5,7-8,14H2,(H,15,17). The molecule has 5 heteroatoms. The third-order valence-electron chi connectivity index (χ3n) is 2.97. The summed E-state index contributed by atoms with van der Waals surface area (Å²) >= 11 is 1.89. The molecule has 0 aromatic heterocycles. The van der Waals surface area contributed by atoms with E-state index in [9.17, 15) is 9.90 Å². The number of aliphatic hydroxyl groups is 1. The number of hydrogen-bond donors (Lipinski definition) is 3. The third kappa shape index (κ3) is 3.25. The Morgan fingerprint density at radius 2 is 2.39 bits per heavy atom. The van der Waals surface area contributed by atoms with E-state index in [4.69, 9.17) is 5.73 Å². The van der Waals surface area contributed by atoms with Crippen LogP contribution in [0.4, 0.5) is 0 Å². The summed E-state index contributed by atoms with van der Waals surface area (Å²) in [6.07, 6.45) is 1.20. The van der Waals surface area contributed by atoms with Crippen molar-refractivity contribution in [2.45, 2.75) is 30.4 Å². The SMILES string of the molecule is NCC(O)C(=O)NCc1ccc2c(c1)CCCS2. The Balaban J connectivity index is 1.96. The number of nitrogens with two attached hydrogens (primary N) is 1. The molecule has 0 aliphatic carbocycles. The Morgan fingerprint density at radius 3 is 3.17 bits per heavy atom. The maximum atomic E-state index is 11.4. The summed E-state index contributed by atoms with van der Waals surface area (Å²) in [6, 6.07) is 6.27. The number of carbonyl (C=O) groups is 1. The molecule has 1 aliphatic rings. The molecule has 1 aromatic carbocycles. The van der Waals surface area contributed by atoms with Crippen molar-refractivity contribution in [2.75, 3.05) is 12.3 Å². The highest BCUT2D eigenvalue weighted by Gasteiger charge is 2.13. The molecular weight excluding hydrogens is 248 g/mol. The molecule has 4 nitrogen and oxygen atoms in total. The third-order valence-corrected chi connectivity index (χ3v) is 4.17. The monoisotopic (exact) mass is 266 g/mol. The zero-order valence-electron chi connectivity index (χ0n) is 10.2. The van der Waals surface area contributed by atoms with E-state index in [1.807, 2.05) is 17.8 Å². The quantitative estimate of drug-likeness (QED) is 0.748. The van der Waals surface area contributed by atoms with Crippen molar-refractivity contribution in [3.63, 3.8) is 0 Å². The van der Waals surface area contributed by atoms with Gasteiger partial charge >= 0.3 is 0 Å². The van der Waals surface area contributed by atoms with Crippen LogP contribution >= 0.6 is 11.8 Å². The highest BCUT2D eigenvalue weighted by molar-refractivity contribution is 7.99. The van der Waals surface area contributed by atoms with Crippen LogP contribution in [0.5, 0.6) is 0 Å². The van der Waals surface area contributed by atoms with Gasteiger partial charge < -0.3 is 16.2 Å². The van der Waals surface area contributed by atoms with Crippen LogP contribution in [-0.2, 0) is 17.8 Å². The predicted octanol–water partition coefficient (Wildman–Crippen LogP) is 0.661. The van der Waals surface area contributed by atoms with E-state index in [0.717, 1.165) is 12.0 Å². The second-order valence-electron chi connectivity index (χ2n) is 4.36. The van der Waals surface area contributed by atoms with Crippen LogP contribution in [0.25, 0.3) is 0 Å². The van der Waals surface area contributed by atoms with Gasteiger partial charge in [0.05, 0.1) is 0 Å². The lowest BCUT2D eigenvalue weighted by Crippen LogP contribution is -2.38. The van der Waals surface area contributed by atoms with Gasteiger partial charge in [0.2, 0.25) is 5.91 Å². The van der Waals surface area contributed by atoms with E-state index in [1.165, 1.54) is 22.6 Å². The van der Waals surface area contributed by atoms with Gasteiger partial charge in [0.25, 0.3) is 0 Å². The van der Waals surface area contributed by atoms with Crippen LogP contribution in [0.2, 0.25) is 0 Å². The van der Waals surface area contributed by atoms with Gasteiger partial charge in [-0.15, -0.1) is 11.8 Å². The molecule has 2 rings (SSSR count). The molecular formula is C13H18N2O2S. The number of aryl methyl sites for hydroxylation is 1. The van der Waals surface area contributed by atoms with Gasteiger partial charge in [-0.05, 0) is 35.8 Å².